The smallest absolute Gasteiger partial charge is 0.318 e. The molecule has 0 saturated carbocycles. The molecule has 1 aromatic carbocycles. The fourth-order valence-electron chi connectivity index (χ4n) is 3.25. The van der Waals surface area contributed by atoms with E-state index in [-0.39, 0.29) is 18.0 Å². The highest BCUT2D eigenvalue weighted by Gasteiger charge is 2.27. The van der Waals surface area contributed by atoms with E-state index in [2.05, 4.69) is 48.5 Å². The van der Waals surface area contributed by atoms with Crippen molar-refractivity contribution in [3.63, 3.8) is 0 Å². The van der Waals surface area contributed by atoms with Crippen LogP contribution in [0.5, 0.6) is 0 Å². The highest BCUT2D eigenvalue weighted by atomic mass is 16.2. The van der Waals surface area contributed by atoms with Crippen LogP contribution in [0.25, 0.3) is 6.08 Å². The fourth-order valence-corrected chi connectivity index (χ4v) is 3.25. The van der Waals surface area contributed by atoms with Gasteiger partial charge in [0.1, 0.15) is 0 Å². The number of nitrogens with one attached hydrogen (secondary N) is 1. The normalized spacial score (nSPS) is 17.6. The van der Waals surface area contributed by atoms with Crippen LogP contribution >= 0.6 is 0 Å². The molecule has 25 heavy (non-hydrogen) atoms. The molecule has 0 spiro atoms. The Kier molecular flexibility index (Phi) is 5.22. The molecule has 5 nitrogen and oxygen atoms in total. The van der Waals surface area contributed by atoms with E-state index in [0.717, 1.165) is 36.3 Å². The van der Waals surface area contributed by atoms with Gasteiger partial charge in [-0.15, -0.1) is 0 Å². The summed E-state index contributed by atoms with van der Waals surface area (Å²) in [5.41, 5.74) is 2.88. The van der Waals surface area contributed by atoms with Crippen LogP contribution in [0.2, 0.25) is 0 Å². The summed E-state index contributed by atoms with van der Waals surface area (Å²) in [5, 5.41) is 7.51. The van der Waals surface area contributed by atoms with Gasteiger partial charge in [-0.1, -0.05) is 56.3 Å². The molecule has 1 fully saturated rings. The zero-order valence-electron chi connectivity index (χ0n) is 15.1. The first kappa shape index (κ1) is 17.3. The number of nitrogens with zero attached hydrogens (tertiary/aromatic N) is 3. The van der Waals surface area contributed by atoms with Gasteiger partial charge in [0.2, 0.25) is 0 Å². The molecule has 132 valence electrons. The van der Waals surface area contributed by atoms with Gasteiger partial charge >= 0.3 is 6.03 Å². The standard InChI is InChI=1S/C20H26N4O/c1-15(2)19-18(14-23(3)22-19)21-20(25)24-13-7-10-17(24)12-11-16-8-5-4-6-9-16/h4-6,8-9,11-12,14-15,17H,7,10,13H2,1-3H3,(H,21,25)/b12-11+/t17-/m1/s1. The number of urea groups is 1. The molecule has 5 heteroatoms. The molecule has 1 aromatic heterocycles. The highest BCUT2D eigenvalue weighted by Crippen LogP contribution is 2.25. The summed E-state index contributed by atoms with van der Waals surface area (Å²) in [5.74, 6) is 0.267. The van der Waals surface area contributed by atoms with Gasteiger partial charge in [-0.25, -0.2) is 4.79 Å². The minimum Gasteiger partial charge on any atom is -0.318 e. The summed E-state index contributed by atoms with van der Waals surface area (Å²) in [4.78, 5) is 14.7. The molecule has 1 aliphatic heterocycles. The van der Waals surface area contributed by atoms with Crippen molar-refractivity contribution in [3.05, 3.63) is 53.9 Å². The number of rotatable bonds is 4. The lowest BCUT2D eigenvalue weighted by molar-refractivity contribution is 0.214. The Balaban J connectivity index is 1.70. The molecule has 1 N–H and O–H groups in total. The van der Waals surface area contributed by atoms with E-state index < -0.39 is 0 Å². The Morgan fingerprint density at radius 2 is 2.08 bits per heavy atom. The molecule has 2 heterocycles. The summed E-state index contributed by atoms with van der Waals surface area (Å²) in [6.45, 7) is 4.95. The number of hydrogen-bond acceptors (Lipinski definition) is 2. The molecule has 1 atom stereocenters. The van der Waals surface area contributed by atoms with Crippen LogP contribution in [0, 0.1) is 0 Å². The Morgan fingerprint density at radius 1 is 1.32 bits per heavy atom. The Labute approximate surface area is 149 Å². The van der Waals surface area contributed by atoms with Gasteiger partial charge in [0.25, 0.3) is 0 Å². The topological polar surface area (TPSA) is 50.2 Å². The predicted octanol–water partition coefficient (Wildman–Crippen LogP) is 4.25. The van der Waals surface area contributed by atoms with Crippen molar-refractivity contribution in [3.8, 4) is 0 Å². The van der Waals surface area contributed by atoms with Crippen molar-refractivity contribution in [2.75, 3.05) is 11.9 Å². The van der Waals surface area contributed by atoms with Crippen molar-refractivity contribution in [2.45, 2.75) is 38.6 Å². The van der Waals surface area contributed by atoms with E-state index in [1.807, 2.05) is 36.3 Å². The van der Waals surface area contributed by atoms with Gasteiger partial charge in [-0.05, 0) is 24.3 Å². The average Bonchev–Trinajstić information content (AvgIpc) is 3.20. The fraction of sp³-hybridized carbons (Fsp3) is 0.400. The summed E-state index contributed by atoms with van der Waals surface area (Å²) < 4.78 is 1.75. The number of amides is 2. The van der Waals surface area contributed by atoms with Gasteiger partial charge in [0.05, 0.1) is 17.4 Å². The van der Waals surface area contributed by atoms with Crippen molar-refractivity contribution < 1.29 is 4.79 Å². The summed E-state index contributed by atoms with van der Waals surface area (Å²) in [7, 11) is 1.88. The second-order valence-corrected chi connectivity index (χ2v) is 6.86. The summed E-state index contributed by atoms with van der Waals surface area (Å²) in [6, 6.07) is 10.3. The summed E-state index contributed by atoms with van der Waals surface area (Å²) in [6.07, 6.45) is 8.13. The van der Waals surface area contributed by atoms with Crippen molar-refractivity contribution >= 4 is 17.8 Å². The quantitative estimate of drug-likeness (QED) is 0.906. The zero-order valence-corrected chi connectivity index (χ0v) is 15.1. The van der Waals surface area contributed by atoms with Crippen LogP contribution in [-0.4, -0.2) is 33.3 Å². The number of hydrogen-bond donors (Lipinski definition) is 1. The number of aromatic nitrogens is 2. The molecular formula is C20H26N4O. The van der Waals surface area contributed by atoms with Gasteiger partial charge in [0, 0.05) is 19.8 Å². The third-order valence-corrected chi connectivity index (χ3v) is 4.52. The van der Waals surface area contributed by atoms with Crippen LogP contribution in [0.3, 0.4) is 0 Å². The number of likely N-dealkylation sites (tertiary alicyclic amines) is 1. The highest BCUT2D eigenvalue weighted by molar-refractivity contribution is 5.90. The average molecular weight is 338 g/mol. The van der Waals surface area contributed by atoms with Crippen molar-refractivity contribution in [1.82, 2.24) is 14.7 Å². The monoisotopic (exact) mass is 338 g/mol. The van der Waals surface area contributed by atoms with Gasteiger partial charge in [-0.3, -0.25) is 4.68 Å². The molecule has 1 aliphatic rings. The van der Waals surface area contributed by atoms with Crippen LogP contribution in [0.4, 0.5) is 10.5 Å². The molecular weight excluding hydrogens is 312 g/mol. The van der Waals surface area contributed by atoms with Crippen LogP contribution in [-0.2, 0) is 7.05 Å². The SMILES string of the molecule is CC(C)c1nn(C)cc1NC(=O)N1CCC[C@@H]1/C=C/c1ccccc1. The van der Waals surface area contributed by atoms with E-state index in [9.17, 15) is 4.79 Å². The second kappa shape index (κ2) is 7.55. The molecule has 0 radical (unpaired) electrons. The number of carbonyl (C=O) groups excluding carboxylic acids is 1. The molecule has 2 amide bonds. The van der Waals surface area contributed by atoms with Crippen LogP contribution in [0.15, 0.2) is 42.6 Å². The lowest BCUT2D eigenvalue weighted by Gasteiger charge is -2.22. The Bertz CT molecular complexity index is 748. The minimum atomic E-state index is -0.0462. The third kappa shape index (κ3) is 4.10. The van der Waals surface area contributed by atoms with Crippen molar-refractivity contribution in [1.29, 1.82) is 0 Å². The lowest BCUT2D eigenvalue weighted by Crippen LogP contribution is -2.37. The lowest BCUT2D eigenvalue weighted by atomic mass is 10.1. The zero-order chi connectivity index (χ0) is 17.8. The first-order chi connectivity index (χ1) is 12.0. The largest absolute Gasteiger partial charge is 0.322 e. The van der Waals surface area contributed by atoms with Gasteiger partial charge < -0.3 is 10.2 Å². The van der Waals surface area contributed by atoms with E-state index in [4.69, 9.17) is 0 Å². The van der Waals surface area contributed by atoms with E-state index in [1.165, 1.54) is 0 Å². The van der Waals surface area contributed by atoms with Crippen molar-refractivity contribution in [2.24, 2.45) is 7.05 Å². The predicted molar refractivity (Wildman–Crippen MR) is 102 cm³/mol. The van der Waals surface area contributed by atoms with E-state index >= 15 is 0 Å². The van der Waals surface area contributed by atoms with Gasteiger partial charge in [0.15, 0.2) is 0 Å². The Morgan fingerprint density at radius 3 is 2.80 bits per heavy atom. The first-order valence-corrected chi connectivity index (χ1v) is 8.89. The molecule has 1 saturated heterocycles. The maximum Gasteiger partial charge on any atom is 0.322 e. The second-order valence-electron chi connectivity index (χ2n) is 6.86. The number of benzene rings is 1. The first-order valence-electron chi connectivity index (χ1n) is 8.89. The van der Waals surface area contributed by atoms with Crippen LogP contribution < -0.4 is 5.32 Å². The molecule has 2 aromatic rings. The number of aryl methyl sites for hydroxylation is 1. The van der Waals surface area contributed by atoms with Crippen LogP contribution in [0.1, 0.15) is 43.9 Å². The molecule has 3 rings (SSSR count). The van der Waals surface area contributed by atoms with Gasteiger partial charge in [-0.2, -0.15) is 5.10 Å². The van der Waals surface area contributed by atoms with E-state index in [1.54, 1.807) is 4.68 Å². The third-order valence-electron chi connectivity index (χ3n) is 4.52. The maximum absolute atomic E-state index is 12.8. The molecule has 0 aliphatic carbocycles. The summed E-state index contributed by atoms with van der Waals surface area (Å²) >= 11 is 0. The minimum absolute atomic E-state index is 0.0462. The number of anilines is 1. The Hall–Kier alpha value is -2.56. The van der Waals surface area contributed by atoms with E-state index in [0.29, 0.717) is 0 Å². The molecule has 0 bridgehead atoms. The number of carbonyl (C=O) groups is 1. The molecule has 0 unspecified atom stereocenters. The maximum atomic E-state index is 12.8.